The number of rotatable bonds is 10. The highest BCUT2D eigenvalue weighted by Gasteiger charge is 2.13. The summed E-state index contributed by atoms with van der Waals surface area (Å²) in [5.74, 6) is 0.232. The lowest BCUT2D eigenvalue weighted by Crippen LogP contribution is -2.06. The Morgan fingerprint density at radius 3 is 1.90 bits per heavy atom. The summed E-state index contributed by atoms with van der Waals surface area (Å²) in [5, 5.41) is 1.64. The van der Waals surface area contributed by atoms with E-state index in [2.05, 4.69) is 15.9 Å². The van der Waals surface area contributed by atoms with Crippen LogP contribution in [-0.4, -0.2) is 19.5 Å². The maximum atomic E-state index is 12.1. The molecule has 1 aromatic carbocycles. The van der Waals surface area contributed by atoms with Gasteiger partial charge in [0.15, 0.2) is 9.84 Å². The monoisotopic (exact) mass is 380 g/mol. The Kier molecular flexibility index (Phi) is 8.82. The fourth-order valence-corrected chi connectivity index (χ4v) is 3.92. The quantitative estimate of drug-likeness (QED) is 0.410. The average molecular weight is 382 g/mol. The minimum atomic E-state index is -3.14. The third kappa shape index (κ3) is 7.09. The van der Waals surface area contributed by atoms with Gasteiger partial charge in [-0.3, -0.25) is 0 Å². The molecule has 0 unspecified atom stereocenters. The van der Waals surface area contributed by atoms with Crippen LogP contribution in [0.5, 0.6) is 0 Å². The molecule has 0 radical (unpaired) electrons. The normalized spacial score (nSPS) is 11.7. The van der Waals surface area contributed by atoms with Gasteiger partial charge in [-0.15, -0.1) is 0 Å². The molecule has 20 heavy (non-hydrogen) atoms. The Morgan fingerprint density at radius 1 is 0.850 bits per heavy atom. The third-order valence-electron chi connectivity index (χ3n) is 3.22. The van der Waals surface area contributed by atoms with Crippen LogP contribution >= 0.6 is 27.5 Å². The van der Waals surface area contributed by atoms with Crippen molar-refractivity contribution in [2.75, 3.05) is 11.1 Å². The summed E-state index contributed by atoms with van der Waals surface area (Å²) in [6.45, 7) is 0. The molecule has 0 bridgehead atoms. The van der Waals surface area contributed by atoms with Gasteiger partial charge in [0.05, 0.1) is 10.6 Å². The Labute approximate surface area is 136 Å². The number of hydrogen-bond donors (Lipinski definition) is 0. The van der Waals surface area contributed by atoms with Gasteiger partial charge >= 0.3 is 0 Å². The fourth-order valence-electron chi connectivity index (χ4n) is 2.03. The minimum Gasteiger partial charge on any atom is -0.224 e. The second-order valence-electron chi connectivity index (χ2n) is 4.94. The molecule has 0 aliphatic rings. The molecule has 114 valence electrons. The lowest BCUT2D eigenvalue weighted by molar-refractivity contribution is 0.579. The van der Waals surface area contributed by atoms with Gasteiger partial charge in [0.25, 0.3) is 0 Å². The molecular formula is C15H22BrClO2S. The molecule has 0 N–H and O–H groups in total. The second kappa shape index (κ2) is 9.80. The van der Waals surface area contributed by atoms with E-state index in [1.54, 1.807) is 24.3 Å². The highest BCUT2D eigenvalue weighted by molar-refractivity contribution is 9.09. The van der Waals surface area contributed by atoms with Gasteiger partial charge < -0.3 is 0 Å². The molecule has 1 aromatic rings. The van der Waals surface area contributed by atoms with Crippen LogP contribution in [0, 0.1) is 0 Å². The Morgan fingerprint density at radius 2 is 1.35 bits per heavy atom. The predicted octanol–water partition coefficient (Wildman–Crippen LogP) is 5.24. The third-order valence-corrected chi connectivity index (χ3v) is 5.85. The molecule has 0 heterocycles. The van der Waals surface area contributed by atoms with E-state index in [0.29, 0.717) is 9.92 Å². The van der Waals surface area contributed by atoms with Crippen molar-refractivity contribution >= 4 is 37.4 Å². The number of sulfone groups is 1. The van der Waals surface area contributed by atoms with E-state index in [-0.39, 0.29) is 5.75 Å². The van der Waals surface area contributed by atoms with Gasteiger partial charge in [0.2, 0.25) is 0 Å². The van der Waals surface area contributed by atoms with Crippen molar-refractivity contribution in [3.63, 3.8) is 0 Å². The number of benzene rings is 1. The molecule has 0 amide bonds. The van der Waals surface area contributed by atoms with Gasteiger partial charge in [-0.2, -0.15) is 0 Å². The van der Waals surface area contributed by atoms with Crippen molar-refractivity contribution in [1.29, 1.82) is 0 Å². The standard InChI is InChI=1S/C15H22BrClO2S/c16-12-6-4-2-1-3-5-7-13-20(18,19)15-10-8-14(17)9-11-15/h8-11H,1-7,12-13H2. The minimum absolute atomic E-state index is 0.232. The number of alkyl halides is 1. The first-order chi connectivity index (χ1) is 9.56. The topological polar surface area (TPSA) is 34.1 Å². The smallest absolute Gasteiger partial charge is 0.178 e. The Bertz CT molecular complexity index is 471. The van der Waals surface area contributed by atoms with Crippen LogP contribution in [0.3, 0.4) is 0 Å². The number of halogens is 2. The maximum absolute atomic E-state index is 12.1. The fraction of sp³-hybridized carbons (Fsp3) is 0.600. The van der Waals surface area contributed by atoms with E-state index in [9.17, 15) is 8.42 Å². The Balaban J connectivity index is 2.22. The van der Waals surface area contributed by atoms with E-state index >= 15 is 0 Å². The second-order valence-corrected chi connectivity index (χ2v) is 8.28. The van der Waals surface area contributed by atoms with Crippen molar-refractivity contribution in [3.05, 3.63) is 29.3 Å². The van der Waals surface area contributed by atoms with Gasteiger partial charge in [-0.1, -0.05) is 59.6 Å². The number of hydrogen-bond acceptors (Lipinski definition) is 2. The largest absolute Gasteiger partial charge is 0.224 e. The summed E-state index contributed by atoms with van der Waals surface area (Å²) in [4.78, 5) is 0.374. The van der Waals surface area contributed by atoms with Crippen molar-refractivity contribution < 1.29 is 8.42 Å². The zero-order valence-corrected chi connectivity index (χ0v) is 14.8. The summed E-state index contributed by atoms with van der Waals surface area (Å²) >= 11 is 9.18. The van der Waals surface area contributed by atoms with Crippen molar-refractivity contribution in [2.45, 2.75) is 49.8 Å². The summed E-state index contributed by atoms with van der Waals surface area (Å²) in [7, 11) is -3.14. The van der Waals surface area contributed by atoms with Crippen molar-refractivity contribution in [3.8, 4) is 0 Å². The molecule has 5 heteroatoms. The molecule has 0 atom stereocenters. The molecule has 0 fully saturated rings. The summed E-state index contributed by atoms with van der Waals surface area (Å²) < 4.78 is 24.1. The van der Waals surface area contributed by atoms with Gasteiger partial charge in [0.1, 0.15) is 0 Å². The SMILES string of the molecule is O=S(=O)(CCCCCCCCCBr)c1ccc(Cl)cc1. The molecule has 0 aromatic heterocycles. The van der Waals surface area contributed by atoms with Crippen LogP contribution in [0.2, 0.25) is 5.02 Å². The molecule has 2 nitrogen and oxygen atoms in total. The zero-order valence-electron chi connectivity index (χ0n) is 11.7. The van der Waals surface area contributed by atoms with Gasteiger partial charge in [-0.25, -0.2) is 8.42 Å². The van der Waals surface area contributed by atoms with Crippen LogP contribution < -0.4 is 0 Å². The van der Waals surface area contributed by atoms with Gasteiger partial charge in [0, 0.05) is 10.4 Å². The zero-order chi connectivity index (χ0) is 14.8. The number of unbranched alkanes of at least 4 members (excludes halogenated alkanes) is 6. The van der Waals surface area contributed by atoms with E-state index in [4.69, 9.17) is 11.6 Å². The van der Waals surface area contributed by atoms with E-state index in [0.717, 1.165) is 24.6 Å². The molecule has 0 spiro atoms. The van der Waals surface area contributed by atoms with Crippen LogP contribution in [0.4, 0.5) is 0 Å². The van der Waals surface area contributed by atoms with Crippen LogP contribution in [0.15, 0.2) is 29.2 Å². The van der Waals surface area contributed by atoms with Crippen LogP contribution in [-0.2, 0) is 9.84 Å². The molecule has 0 saturated heterocycles. The van der Waals surface area contributed by atoms with Crippen molar-refractivity contribution in [1.82, 2.24) is 0 Å². The highest BCUT2D eigenvalue weighted by Crippen LogP contribution is 2.17. The summed E-state index contributed by atoms with van der Waals surface area (Å²) in [6.07, 6.45) is 7.78. The van der Waals surface area contributed by atoms with Crippen LogP contribution in [0.1, 0.15) is 44.9 Å². The van der Waals surface area contributed by atoms with Gasteiger partial charge in [-0.05, 0) is 37.1 Å². The molecule has 1 rings (SSSR count). The highest BCUT2D eigenvalue weighted by atomic mass is 79.9. The van der Waals surface area contributed by atoms with Crippen LogP contribution in [0.25, 0.3) is 0 Å². The molecule has 0 aliphatic heterocycles. The van der Waals surface area contributed by atoms with Crippen molar-refractivity contribution in [2.24, 2.45) is 0 Å². The molecular weight excluding hydrogens is 360 g/mol. The first-order valence-corrected chi connectivity index (χ1v) is 10.3. The molecule has 0 aliphatic carbocycles. The average Bonchev–Trinajstić information content (AvgIpc) is 2.42. The Hall–Kier alpha value is -0.0600. The molecule has 0 saturated carbocycles. The van der Waals surface area contributed by atoms with E-state index in [1.807, 2.05) is 0 Å². The maximum Gasteiger partial charge on any atom is 0.178 e. The summed E-state index contributed by atoms with van der Waals surface area (Å²) in [5.41, 5.74) is 0. The first kappa shape index (κ1) is 18.0. The predicted molar refractivity (Wildman–Crippen MR) is 89.6 cm³/mol. The lowest BCUT2D eigenvalue weighted by Gasteiger charge is -2.05. The lowest BCUT2D eigenvalue weighted by atomic mass is 10.1. The van der Waals surface area contributed by atoms with E-state index in [1.165, 1.54) is 25.7 Å². The van der Waals surface area contributed by atoms with E-state index < -0.39 is 9.84 Å². The first-order valence-electron chi connectivity index (χ1n) is 7.10. The summed E-state index contributed by atoms with van der Waals surface area (Å²) in [6, 6.07) is 6.41.